The smallest absolute Gasteiger partial charge is 0.246 e. The second kappa shape index (κ2) is 10.5. The van der Waals surface area contributed by atoms with E-state index in [1.54, 1.807) is 0 Å². The molecule has 9 atom stereocenters. The van der Waals surface area contributed by atoms with Crippen molar-refractivity contribution >= 4 is 5.91 Å². The van der Waals surface area contributed by atoms with E-state index in [9.17, 15) is 20.1 Å². The molecule has 0 aromatic heterocycles. The first-order valence-electron chi connectivity index (χ1n) is 9.54. The Bertz CT molecular complexity index is 503. The number of carbonyl (C=O) groups excluding carboxylic acids is 1. The molecular formula is C16H29NO9. The van der Waals surface area contributed by atoms with Crippen molar-refractivity contribution in [1.29, 1.82) is 0 Å². The molecule has 26 heavy (non-hydrogen) atoms. The van der Waals surface area contributed by atoms with Crippen LogP contribution in [0, 0.1) is 0 Å². The van der Waals surface area contributed by atoms with Crippen molar-refractivity contribution < 1.29 is 46.5 Å². The molecule has 0 aromatic rings. The van der Waals surface area contributed by atoms with Gasteiger partial charge in [0.05, 0.1) is 28.6 Å². The number of nitrogens with one attached hydrogen (secondary N) is 1. The first-order valence-corrected chi connectivity index (χ1v) is 8.39. The first kappa shape index (κ1) is 18.5. The van der Waals surface area contributed by atoms with Crippen LogP contribution in [0.5, 0.6) is 0 Å². The molecule has 2 aliphatic heterocycles. The number of hydrogen-bond acceptors (Lipinski definition) is 9. The summed E-state index contributed by atoms with van der Waals surface area (Å²) < 4.78 is 41.3. The van der Waals surface area contributed by atoms with Gasteiger partial charge in [0.1, 0.15) is 43.2 Å². The van der Waals surface area contributed by atoms with Gasteiger partial charge in [-0.2, -0.15) is 0 Å². The fraction of sp³-hybridized carbons (Fsp3) is 0.938. The molecule has 0 radical (unpaired) electrons. The van der Waals surface area contributed by atoms with E-state index in [-0.39, 0.29) is 6.61 Å². The van der Waals surface area contributed by atoms with Gasteiger partial charge in [-0.15, -0.1) is 0 Å². The molecule has 0 bridgehead atoms. The zero-order chi connectivity index (χ0) is 20.8. The van der Waals surface area contributed by atoms with Gasteiger partial charge in [-0.3, -0.25) is 4.79 Å². The highest BCUT2D eigenvalue weighted by Crippen LogP contribution is 2.22. The van der Waals surface area contributed by atoms with E-state index in [0.717, 1.165) is 0 Å². The van der Waals surface area contributed by atoms with Crippen LogP contribution in [-0.4, -0.2) is 111 Å². The van der Waals surface area contributed by atoms with Crippen molar-refractivity contribution in [3.63, 3.8) is 0 Å². The van der Waals surface area contributed by atoms with Crippen LogP contribution in [0.1, 0.15) is 9.16 Å². The van der Waals surface area contributed by atoms with Crippen LogP contribution in [0.4, 0.5) is 0 Å². The van der Waals surface area contributed by atoms with Gasteiger partial charge in [0.25, 0.3) is 0 Å². The van der Waals surface area contributed by atoms with Gasteiger partial charge < -0.3 is 44.3 Å². The summed E-state index contributed by atoms with van der Waals surface area (Å²) in [7, 11) is 2.86. The molecule has 1 unspecified atom stereocenters. The first-order chi connectivity index (χ1) is 13.3. The molecule has 10 nitrogen and oxygen atoms in total. The van der Waals surface area contributed by atoms with Crippen LogP contribution in [0.25, 0.3) is 0 Å². The Morgan fingerprint density at radius 1 is 1.35 bits per heavy atom. The van der Waals surface area contributed by atoms with Crippen molar-refractivity contribution in [3.8, 4) is 0 Å². The lowest BCUT2D eigenvalue weighted by Crippen LogP contribution is -2.50. The van der Waals surface area contributed by atoms with Gasteiger partial charge in [0.15, 0.2) is 0 Å². The fourth-order valence-corrected chi connectivity index (χ4v) is 2.94. The molecule has 0 saturated carbocycles. The average molecular weight is 383 g/mol. The molecule has 2 heterocycles. The number of methoxy groups -OCH3 is 2. The monoisotopic (exact) mass is 383 g/mol. The number of aliphatic hydroxyl groups excluding tert-OH is 3. The van der Waals surface area contributed by atoms with E-state index in [1.807, 2.05) is 0 Å². The number of rotatable bonds is 10. The highest BCUT2D eigenvalue weighted by Gasteiger charge is 2.42. The summed E-state index contributed by atoms with van der Waals surface area (Å²) in [6, 6.07) is -0.665. The van der Waals surface area contributed by atoms with Crippen LogP contribution in [-0.2, 0) is 28.5 Å². The molecule has 152 valence electrons. The maximum atomic E-state index is 12.3. The lowest BCUT2D eigenvalue weighted by atomic mass is 10.0. The Labute approximate surface area is 155 Å². The van der Waals surface area contributed by atoms with Crippen molar-refractivity contribution in [2.45, 2.75) is 49.1 Å². The Hall–Kier alpha value is -0.850. The van der Waals surface area contributed by atoms with Crippen molar-refractivity contribution in [1.82, 2.24) is 5.32 Å². The standard InChI is InChI=1S/C16H29NO9/c1-22-4-3-9(15-14(21)12(23-2)7-25-15)17-13(20)8-26-16-10(19)6-24-11(16)5-18/h9-12,14-16,18-19,21H,3-8H2,1-2H3,(H,17,20)/t9-,10-,11+,12-,14-,15?,16-/m0/s1/i6T,7T/t6-,7-,9-,10-,11+,12-,14-,15?,16-. The van der Waals surface area contributed by atoms with Crippen molar-refractivity contribution in [2.24, 2.45) is 0 Å². The van der Waals surface area contributed by atoms with Gasteiger partial charge in [-0.25, -0.2) is 0 Å². The third-order valence-electron chi connectivity index (χ3n) is 4.37. The van der Waals surface area contributed by atoms with E-state index in [0.29, 0.717) is 6.42 Å². The number of ether oxygens (including phenoxy) is 5. The zero-order valence-electron chi connectivity index (χ0n) is 16.8. The molecule has 0 spiro atoms. The normalized spacial score (nSPS) is 42.3. The number of hydrogen-bond donors (Lipinski definition) is 4. The summed E-state index contributed by atoms with van der Waals surface area (Å²) in [5, 5.41) is 32.1. The molecule has 2 fully saturated rings. The number of carbonyl (C=O) groups is 1. The van der Waals surface area contributed by atoms with E-state index >= 15 is 0 Å². The maximum absolute atomic E-state index is 12.3. The summed E-state index contributed by atoms with van der Waals surface area (Å²) in [6.45, 7) is -2.99. The lowest BCUT2D eigenvalue weighted by Gasteiger charge is -2.27. The van der Waals surface area contributed by atoms with E-state index < -0.39 is 75.0 Å². The molecule has 2 rings (SSSR count). The fourth-order valence-electron chi connectivity index (χ4n) is 2.94. The lowest BCUT2D eigenvalue weighted by molar-refractivity contribution is -0.134. The minimum Gasteiger partial charge on any atom is -0.394 e. The summed E-state index contributed by atoms with van der Waals surface area (Å²) >= 11 is 0. The predicted molar refractivity (Wildman–Crippen MR) is 87.5 cm³/mol. The Morgan fingerprint density at radius 2 is 2.12 bits per heavy atom. The summed E-state index contributed by atoms with van der Waals surface area (Å²) in [6.07, 6.45) is -5.70. The molecule has 1 amide bonds. The van der Waals surface area contributed by atoms with Crippen molar-refractivity contribution in [2.75, 3.05) is 47.2 Å². The molecular weight excluding hydrogens is 350 g/mol. The summed E-state index contributed by atoms with van der Waals surface area (Å²) in [4.78, 5) is 12.3. The minimum atomic E-state index is -1.29. The van der Waals surface area contributed by atoms with Gasteiger partial charge >= 0.3 is 0 Å². The maximum Gasteiger partial charge on any atom is 0.246 e. The minimum absolute atomic E-state index is 0.279. The Morgan fingerprint density at radius 3 is 2.73 bits per heavy atom. The third kappa shape index (κ3) is 5.33. The topological polar surface area (TPSA) is 136 Å². The second-order valence-corrected chi connectivity index (χ2v) is 6.14. The Kier molecular flexibility index (Phi) is 7.46. The van der Waals surface area contributed by atoms with Gasteiger partial charge in [0.2, 0.25) is 5.91 Å². The van der Waals surface area contributed by atoms with E-state index in [1.165, 1.54) is 14.2 Å². The molecule has 2 saturated heterocycles. The van der Waals surface area contributed by atoms with Crippen LogP contribution >= 0.6 is 0 Å². The van der Waals surface area contributed by atoms with Gasteiger partial charge in [-0.05, 0) is 6.42 Å². The quantitative estimate of drug-likeness (QED) is 0.321. The van der Waals surface area contributed by atoms with Crippen LogP contribution < -0.4 is 5.32 Å². The predicted octanol–water partition coefficient (Wildman–Crippen LogP) is -2.58. The highest BCUT2D eigenvalue weighted by molar-refractivity contribution is 5.77. The molecule has 0 aliphatic carbocycles. The Balaban J connectivity index is 1.94. The van der Waals surface area contributed by atoms with Gasteiger partial charge in [-0.1, -0.05) is 0 Å². The second-order valence-electron chi connectivity index (χ2n) is 6.14. The van der Waals surface area contributed by atoms with Crippen molar-refractivity contribution in [3.05, 3.63) is 0 Å². The van der Waals surface area contributed by atoms with E-state index in [2.05, 4.69) is 5.32 Å². The van der Waals surface area contributed by atoms with E-state index in [4.69, 9.17) is 26.4 Å². The molecule has 4 N–H and O–H groups in total. The molecule has 10 heteroatoms. The summed E-state index contributed by atoms with van der Waals surface area (Å²) in [5.41, 5.74) is 0. The molecule has 0 aromatic carbocycles. The van der Waals surface area contributed by atoms with Gasteiger partial charge in [0, 0.05) is 20.8 Å². The largest absolute Gasteiger partial charge is 0.394 e. The SMILES string of the molecule is [3H][C@@H]1O[C@H](CO)[C@@H](OCC(=O)N[C@@H](CCOC)C2O[C@@H]([3H])[C@H](OC)[C@@H]2O)[C@H]1O. The van der Waals surface area contributed by atoms with Crippen LogP contribution in [0.2, 0.25) is 0 Å². The highest BCUT2D eigenvalue weighted by atomic mass is 16.6. The zero-order valence-corrected chi connectivity index (χ0v) is 14.8. The summed E-state index contributed by atoms with van der Waals surface area (Å²) in [5.74, 6) is -0.559. The van der Waals surface area contributed by atoms with Crippen LogP contribution in [0.15, 0.2) is 0 Å². The average Bonchev–Trinajstić information content (AvgIpc) is 3.11. The molecule has 2 aliphatic rings. The van der Waals surface area contributed by atoms with Crippen LogP contribution in [0.3, 0.4) is 0 Å². The number of amides is 1. The third-order valence-corrected chi connectivity index (χ3v) is 4.37. The number of aliphatic hydroxyl groups is 3.